The molecule has 0 bridgehead atoms. The van der Waals surface area contributed by atoms with Gasteiger partial charge >= 0.3 is 0 Å². The van der Waals surface area contributed by atoms with Crippen molar-refractivity contribution in [3.63, 3.8) is 0 Å². The van der Waals surface area contributed by atoms with Crippen LogP contribution in [0.2, 0.25) is 5.02 Å². The summed E-state index contributed by atoms with van der Waals surface area (Å²) < 4.78 is 10.6. The molecule has 1 N–H and O–H groups in total. The van der Waals surface area contributed by atoms with E-state index in [-0.39, 0.29) is 12.7 Å². The van der Waals surface area contributed by atoms with E-state index in [2.05, 4.69) is 11.4 Å². The first-order valence-electron chi connectivity index (χ1n) is 8.18. The molecule has 0 radical (unpaired) electrons. The summed E-state index contributed by atoms with van der Waals surface area (Å²) in [6, 6.07) is 13.7. The molecule has 132 valence electrons. The Balaban J connectivity index is 1.30. The third-order valence-electron chi connectivity index (χ3n) is 3.80. The molecule has 6 heteroatoms. The highest BCUT2D eigenvalue weighted by molar-refractivity contribution is 7.98. The van der Waals surface area contributed by atoms with Crippen molar-refractivity contribution < 1.29 is 14.3 Å². The summed E-state index contributed by atoms with van der Waals surface area (Å²) in [6.07, 6.45) is 1.16. The number of fused-ring (bicyclic) bond motifs is 1. The van der Waals surface area contributed by atoms with Crippen LogP contribution in [0, 0.1) is 0 Å². The Morgan fingerprint density at radius 2 is 2.00 bits per heavy atom. The molecule has 3 rings (SSSR count). The number of carbonyl (C=O) groups is 1. The van der Waals surface area contributed by atoms with Crippen molar-refractivity contribution in [2.45, 2.75) is 18.6 Å². The van der Waals surface area contributed by atoms with E-state index in [0.29, 0.717) is 19.4 Å². The normalized spacial score (nSPS) is 12.2. The molecule has 0 spiro atoms. The van der Waals surface area contributed by atoms with Crippen molar-refractivity contribution in [2.75, 3.05) is 19.1 Å². The maximum absolute atomic E-state index is 11.9. The molecule has 1 heterocycles. The van der Waals surface area contributed by atoms with Gasteiger partial charge in [0.2, 0.25) is 12.7 Å². The second-order valence-electron chi connectivity index (χ2n) is 5.72. The second-order valence-corrected chi connectivity index (χ2v) is 7.26. The largest absolute Gasteiger partial charge is 0.454 e. The summed E-state index contributed by atoms with van der Waals surface area (Å²) in [5, 5.41) is 3.72. The molecule has 1 aliphatic rings. The molecule has 2 aromatic carbocycles. The molecule has 2 aromatic rings. The average molecular weight is 378 g/mol. The van der Waals surface area contributed by atoms with E-state index < -0.39 is 0 Å². The number of ether oxygens (including phenoxy) is 2. The van der Waals surface area contributed by atoms with E-state index in [1.807, 2.05) is 36.4 Å². The zero-order valence-electron chi connectivity index (χ0n) is 13.8. The van der Waals surface area contributed by atoms with Gasteiger partial charge in [0, 0.05) is 29.5 Å². The van der Waals surface area contributed by atoms with E-state index >= 15 is 0 Å². The predicted octanol–water partition coefficient (Wildman–Crippen LogP) is 4.05. The van der Waals surface area contributed by atoms with Crippen LogP contribution in [0.15, 0.2) is 42.5 Å². The number of carbonyl (C=O) groups excluding carboxylic acids is 1. The van der Waals surface area contributed by atoms with Gasteiger partial charge in [-0.3, -0.25) is 4.79 Å². The van der Waals surface area contributed by atoms with Crippen molar-refractivity contribution in [3.8, 4) is 11.5 Å². The molecule has 0 unspecified atom stereocenters. The Labute approximate surface area is 156 Å². The van der Waals surface area contributed by atoms with Crippen LogP contribution >= 0.6 is 23.4 Å². The van der Waals surface area contributed by atoms with Gasteiger partial charge in [0.05, 0.1) is 0 Å². The number of hydrogen-bond donors (Lipinski definition) is 1. The summed E-state index contributed by atoms with van der Waals surface area (Å²) >= 11 is 7.74. The number of thioether (sulfide) groups is 1. The van der Waals surface area contributed by atoms with Gasteiger partial charge < -0.3 is 14.8 Å². The molecule has 0 saturated carbocycles. The molecular formula is C19H20ClNO3S. The van der Waals surface area contributed by atoms with Crippen molar-refractivity contribution in [1.29, 1.82) is 0 Å². The number of rotatable bonds is 8. The third kappa shape index (κ3) is 5.58. The van der Waals surface area contributed by atoms with Crippen molar-refractivity contribution in [1.82, 2.24) is 5.32 Å². The smallest absolute Gasteiger partial charge is 0.231 e. The fourth-order valence-corrected chi connectivity index (χ4v) is 3.54. The van der Waals surface area contributed by atoms with E-state index in [9.17, 15) is 4.79 Å². The SMILES string of the molecule is O=C(CCc1ccc2c(c1)OCO2)NCCSCc1cccc(Cl)c1. The first kappa shape index (κ1) is 18.0. The number of aryl methyl sites for hydroxylation is 1. The lowest BCUT2D eigenvalue weighted by atomic mass is 10.1. The lowest BCUT2D eigenvalue weighted by Crippen LogP contribution is -2.25. The highest BCUT2D eigenvalue weighted by Crippen LogP contribution is 2.32. The molecule has 0 atom stereocenters. The quantitative estimate of drug-likeness (QED) is 0.705. The second kappa shape index (κ2) is 9.02. The number of benzene rings is 2. The minimum absolute atomic E-state index is 0.0704. The average Bonchev–Trinajstić information content (AvgIpc) is 3.07. The number of hydrogen-bond acceptors (Lipinski definition) is 4. The van der Waals surface area contributed by atoms with Gasteiger partial charge in [-0.2, -0.15) is 11.8 Å². The Morgan fingerprint density at radius 3 is 2.88 bits per heavy atom. The number of halogens is 1. The van der Waals surface area contributed by atoms with Crippen molar-refractivity contribution >= 4 is 29.3 Å². The molecule has 4 nitrogen and oxygen atoms in total. The summed E-state index contributed by atoms with van der Waals surface area (Å²) in [5.74, 6) is 3.37. The van der Waals surface area contributed by atoms with Crippen LogP contribution in [0.4, 0.5) is 0 Å². The fraction of sp³-hybridized carbons (Fsp3) is 0.316. The van der Waals surface area contributed by atoms with Crippen LogP contribution in [0.1, 0.15) is 17.5 Å². The van der Waals surface area contributed by atoms with Gasteiger partial charge in [-0.05, 0) is 41.8 Å². The van der Waals surface area contributed by atoms with Crippen LogP contribution in [-0.4, -0.2) is 25.0 Å². The maximum atomic E-state index is 11.9. The highest BCUT2D eigenvalue weighted by Gasteiger charge is 2.13. The molecule has 1 aliphatic heterocycles. The van der Waals surface area contributed by atoms with Crippen molar-refractivity contribution in [2.24, 2.45) is 0 Å². The Kier molecular flexibility index (Phi) is 6.48. The van der Waals surface area contributed by atoms with Crippen LogP contribution in [0.5, 0.6) is 11.5 Å². The van der Waals surface area contributed by atoms with Crippen LogP contribution < -0.4 is 14.8 Å². The van der Waals surface area contributed by atoms with Gasteiger partial charge in [-0.1, -0.05) is 29.8 Å². The Morgan fingerprint density at radius 1 is 1.12 bits per heavy atom. The van der Waals surface area contributed by atoms with Crippen molar-refractivity contribution in [3.05, 3.63) is 58.6 Å². The summed E-state index contributed by atoms with van der Waals surface area (Å²) in [4.78, 5) is 11.9. The van der Waals surface area contributed by atoms with Crippen LogP contribution in [0.25, 0.3) is 0 Å². The Hall–Kier alpha value is -1.85. The molecule has 1 amide bonds. The molecule has 0 saturated heterocycles. The van der Waals surface area contributed by atoms with Gasteiger partial charge in [-0.15, -0.1) is 0 Å². The number of amides is 1. The standard InChI is InChI=1S/C19H20ClNO3S/c20-16-3-1-2-15(10-16)12-25-9-8-21-19(22)7-5-14-4-6-17-18(11-14)24-13-23-17/h1-4,6,10-11H,5,7-9,12-13H2,(H,21,22). The molecular weight excluding hydrogens is 358 g/mol. The summed E-state index contributed by atoms with van der Waals surface area (Å²) in [7, 11) is 0. The zero-order chi connectivity index (χ0) is 17.5. The van der Waals surface area contributed by atoms with E-state index in [0.717, 1.165) is 33.6 Å². The third-order valence-corrected chi connectivity index (χ3v) is 5.07. The first-order valence-corrected chi connectivity index (χ1v) is 9.71. The minimum Gasteiger partial charge on any atom is -0.454 e. The van der Waals surface area contributed by atoms with Gasteiger partial charge in [0.1, 0.15) is 0 Å². The van der Waals surface area contributed by atoms with E-state index in [4.69, 9.17) is 21.1 Å². The fourth-order valence-electron chi connectivity index (χ4n) is 2.52. The lowest BCUT2D eigenvalue weighted by molar-refractivity contribution is -0.120. The van der Waals surface area contributed by atoms with Gasteiger partial charge in [0.15, 0.2) is 11.5 Å². The van der Waals surface area contributed by atoms with E-state index in [1.165, 1.54) is 5.56 Å². The first-order chi connectivity index (χ1) is 12.2. The predicted molar refractivity (Wildman–Crippen MR) is 102 cm³/mol. The number of nitrogens with one attached hydrogen (secondary N) is 1. The molecule has 25 heavy (non-hydrogen) atoms. The molecule has 0 aromatic heterocycles. The molecule has 0 fully saturated rings. The van der Waals surface area contributed by atoms with Gasteiger partial charge in [0.25, 0.3) is 0 Å². The zero-order valence-corrected chi connectivity index (χ0v) is 15.4. The van der Waals surface area contributed by atoms with Crippen LogP contribution in [-0.2, 0) is 17.0 Å². The van der Waals surface area contributed by atoms with Crippen LogP contribution in [0.3, 0.4) is 0 Å². The lowest BCUT2D eigenvalue weighted by Gasteiger charge is -2.06. The highest BCUT2D eigenvalue weighted by atomic mass is 35.5. The summed E-state index contributed by atoms with van der Waals surface area (Å²) in [6.45, 7) is 0.942. The monoisotopic (exact) mass is 377 g/mol. The topological polar surface area (TPSA) is 47.6 Å². The Bertz CT molecular complexity index is 738. The minimum atomic E-state index is 0.0704. The molecule has 0 aliphatic carbocycles. The summed E-state index contributed by atoms with van der Waals surface area (Å²) in [5.41, 5.74) is 2.28. The maximum Gasteiger partial charge on any atom is 0.231 e. The van der Waals surface area contributed by atoms with Gasteiger partial charge in [-0.25, -0.2) is 0 Å². The van der Waals surface area contributed by atoms with E-state index in [1.54, 1.807) is 11.8 Å².